The molecule has 0 saturated heterocycles. The summed E-state index contributed by atoms with van der Waals surface area (Å²) in [7, 11) is 0. The molecule has 2 heterocycles. The number of hydrogen-bond donors (Lipinski definition) is 1. The summed E-state index contributed by atoms with van der Waals surface area (Å²) in [4.78, 5) is 23.3. The van der Waals surface area contributed by atoms with Crippen molar-refractivity contribution in [1.29, 1.82) is 0 Å². The highest BCUT2D eigenvalue weighted by Crippen LogP contribution is 2.17. The van der Waals surface area contributed by atoms with Gasteiger partial charge in [-0.2, -0.15) is 0 Å². The number of aromatic nitrogens is 3. The number of ketones is 1. The molecule has 88 valence electrons. The molecule has 0 aliphatic heterocycles. The van der Waals surface area contributed by atoms with Crippen molar-refractivity contribution < 1.29 is 4.79 Å². The van der Waals surface area contributed by atoms with Crippen molar-refractivity contribution >= 4 is 5.78 Å². The average molecular weight is 229 g/mol. The van der Waals surface area contributed by atoms with Crippen molar-refractivity contribution in [3.05, 3.63) is 35.9 Å². The minimum Gasteiger partial charge on any atom is -0.341 e. The van der Waals surface area contributed by atoms with E-state index in [1.165, 1.54) is 0 Å². The number of Topliss-reactive ketones (excluding diaryl/α,β-unsaturated/α-hetero) is 1. The molecule has 17 heavy (non-hydrogen) atoms. The lowest BCUT2D eigenvalue weighted by Crippen LogP contribution is -2.00. The SMILES string of the molecule is CCCC(=O)c1nc(-c2cccnc2)[nH]c1C. The van der Waals surface area contributed by atoms with Gasteiger partial charge in [-0.15, -0.1) is 0 Å². The number of rotatable bonds is 4. The van der Waals surface area contributed by atoms with E-state index >= 15 is 0 Å². The molecule has 0 amide bonds. The van der Waals surface area contributed by atoms with Crippen LogP contribution >= 0.6 is 0 Å². The Kier molecular flexibility index (Phi) is 3.32. The lowest BCUT2D eigenvalue weighted by molar-refractivity contribution is 0.0977. The molecule has 0 aliphatic rings. The smallest absolute Gasteiger partial charge is 0.183 e. The molecule has 4 heteroatoms. The number of carbonyl (C=O) groups excluding carboxylic acids is 1. The van der Waals surface area contributed by atoms with Crippen LogP contribution in [0.1, 0.15) is 35.9 Å². The first kappa shape index (κ1) is 11.5. The minimum atomic E-state index is 0.0939. The molecule has 0 spiro atoms. The van der Waals surface area contributed by atoms with Crippen molar-refractivity contribution in [2.45, 2.75) is 26.7 Å². The van der Waals surface area contributed by atoms with E-state index in [-0.39, 0.29) is 5.78 Å². The van der Waals surface area contributed by atoms with Gasteiger partial charge in [-0.05, 0) is 25.5 Å². The quantitative estimate of drug-likeness (QED) is 0.820. The topological polar surface area (TPSA) is 58.6 Å². The molecule has 0 aromatic carbocycles. The summed E-state index contributed by atoms with van der Waals surface area (Å²) in [6, 6.07) is 3.76. The van der Waals surface area contributed by atoms with Crippen molar-refractivity contribution in [1.82, 2.24) is 15.0 Å². The fourth-order valence-corrected chi connectivity index (χ4v) is 1.72. The van der Waals surface area contributed by atoms with E-state index in [1.54, 1.807) is 12.4 Å². The van der Waals surface area contributed by atoms with Crippen LogP contribution in [0.4, 0.5) is 0 Å². The van der Waals surface area contributed by atoms with Gasteiger partial charge >= 0.3 is 0 Å². The first-order valence-electron chi connectivity index (χ1n) is 5.72. The van der Waals surface area contributed by atoms with Crippen molar-refractivity contribution in [3.63, 3.8) is 0 Å². The van der Waals surface area contributed by atoms with Crippen LogP contribution in [0.25, 0.3) is 11.4 Å². The van der Waals surface area contributed by atoms with E-state index in [2.05, 4.69) is 15.0 Å². The van der Waals surface area contributed by atoms with Crippen LogP contribution in [0.3, 0.4) is 0 Å². The van der Waals surface area contributed by atoms with Crippen LogP contribution in [0.5, 0.6) is 0 Å². The molecule has 0 radical (unpaired) electrons. The predicted octanol–water partition coefficient (Wildman–Crippen LogP) is 2.76. The normalized spacial score (nSPS) is 10.5. The van der Waals surface area contributed by atoms with Crippen molar-refractivity contribution in [3.8, 4) is 11.4 Å². The number of imidazole rings is 1. The number of carbonyl (C=O) groups is 1. The molecule has 0 atom stereocenters. The van der Waals surface area contributed by atoms with Gasteiger partial charge in [0.05, 0.1) is 0 Å². The monoisotopic (exact) mass is 229 g/mol. The van der Waals surface area contributed by atoms with E-state index < -0.39 is 0 Å². The second-order valence-electron chi connectivity index (χ2n) is 3.97. The summed E-state index contributed by atoms with van der Waals surface area (Å²) in [6.45, 7) is 3.86. The largest absolute Gasteiger partial charge is 0.341 e. The first-order valence-corrected chi connectivity index (χ1v) is 5.72. The van der Waals surface area contributed by atoms with Crippen molar-refractivity contribution in [2.24, 2.45) is 0 Å². The van der Waals surface area contributed by atoms with E-state index in [9.17, 15) is 4.79 Å². The molecule has 0 bridgehead atoms. The summed E-state index contributed by atoms with van der Waals surface area (Å²) in [5.74, 6) is 0.798. The van der Waals surface area contributed by atoms with Gasteiger partial charge in [0.1, 0.15) is 11.5 Å². The molecular weight excluding hydrogens is 214 g/mol. The first-order chi connectivity index (χ1) is 8.22. The molecule has 2 aromatic heterocycles. The summed E-state index contributed by atoms with van der Waals surface area (Å²) in [5.41, 5.74) is 2.26. The predicted molar refractivity (Wildman–Crippen MR) is 65.8 cm³/mol. The van der Waals surface area contributed by atoms with Crippen molar-refractivity contribution in [2.75, 3.05) is 0 Å². The number of pyridine rings is 1. The van der Waals surface area contributed by atoms with Crippen LogP contribution in [0, 0.1) is 6.92 Å². The lowest BCUT2D eigenvalue weighted by atomic mass is 10.1. The van der Waals surface area contributed by atoms with Gasteiger partial charge < -0.3 is 4.98 Å². The summed E-state index contributed by atoms with van der Waals surface area (Å²) >= 11 is 0. The number of H-pyrrole nitrogens is 1. The van der Waals surface area contributed by atoms with E-state index in [0.717, 1.165) is 17.7 Å². The molecule has 0 fully saturated rings. The molecular formula is C13H15N3O. The molecule has 0 unspecified atom stereocenters. The highest BCUT2D eigenvalue weighted by atomic mass is 16.1. The Hall–Kier alpha value is -1.97. The second kappa shape index (κ2) is 4.91. The van der Waals surface area contributed by atoms with Gasteiger partial charge in [-0.25, -0.2) is 4.98 Å². The Morgan fingerprint density at radius 2 is 2.29 bits per heavy atom. The molecule has 4 nitrogen and oxygen atoms in total. The third kappa shape index (κ3) is 2.41. The summed E-state index contributed by atoms with van der Waals surface area (Å²) in [5, 5.41) is 0. The Morgan fingerprint density at radius 1 is 1.47 bits per heavy atom. The molecule has 0 saturated carbocycles. The Morgan fingerprint density at radius 3 is 2.94 bits per heavy atom. The highest BCUT2D eigenvalue weighted by Gasteiger charge is 2.14. The number of nitrogens with zero attached hydrogens (tertiary/aromatic N) is 2. The maximum Gasteiger partial charge on any atom is 0.183 e. The van der Waals surface area contributed by atoms with Gasteiger partial charge in [-0.1, -0.05) is 6.92 Å². The molecule has 1 N–H and O–H groups in total. The number of aromatic amines is 1. The maximum atomic E-state index is 11.8. The van der Waals surface area contributed by atoms with Crippen LogP contribution < -0.4 is 0 Å². The summed E-state index contributed by atoms with van der Waals surface area (Å²) in [6.07, 6.45) is 4.82. The van der Waals surface area contributed by atoms with E-state index in [0.29, 0.717) is 17.9 Å². The molecule has 2 aromatic rings. The average Bonchev–Trinajstić information content (AvgIpc) is 2.73. The maximum absolute atomic E-state index is 11.8. The van der Waals surface area contributed by atoms with E-state index in [4.69, 9.17) is 0 Å². The zero-order valence-electron chi connectivity index (χ0n) is 10.0. The zero-order valence-corrected chi connectivity index (χ0v) is 10.0. The third-order valence-corrected chi connectivity index (χ3v) is 2.56. The van der Waals surface area contributed by atoms with Gasteiger partial charge in [0, 0.05) is 30.1 Å². The minimum absolute atomic E-state index is 0.0939. The Bertz CT molecular complexity index is 517. The fourth-order valence-electron chi connectivity index (χ4n) is 1.72. The van der Waals surface area contributed by atoms with Crippen LogP contribution in [0.2, 0.25) is 0 Å². The highest BCUT2D eigenvalue weighted by molar-refractivity contribution is 5.95. The molecule has 2 rings (SSSR count). The molecule has 0 aliphatic carbocycles. The standard InChI is InChI=1S/C13H15N3O/c1-3-5-11(17)12-9(2)15-13(16-12)10-6-4-7-14-8-10/h4,6-8H,3,5H2,1-2H3,(H,15,16). The lowest BCUT2D eigenvalue weighted by Gasteiger charge is -1.94. The number of nitrogens with one attached hydrogen (secondary N) is 1. The van der Waals surface area contributed by atoms with Gasteiger partial charge in [0.25, 0.3) is 0 Å². The summed E-state index contributed by atoms with van der Waals surface area (Å²) < 4.78 is 0. The second-order valence-corrected chi connectivity index (χ2v) is 3.97. The zero-order chi connectivity index (χ0) is 12.3. The van der Waals surface area contributed by atoms with Crippen LogP contribution in [-0.2, 0) is 0 Å². The fraction of sp³-hybridized carbons (Fsp3) is 0.308. The third-order valence-electron chi connectivity index (χ3n) is 2.56. The van der Waals surface area contributed by atoms with Crippen LogP contribution in [-0.4, -0.2) is 20.7 Å². The van der Waals surface area contributed by atoms with Gasteiger partial charge in [0.15, 0.2) is 5.78 Å². The van der Waals surface area contributed by atoms with Gasteiger partial charge in [-0.3, -0.25) is 9.78 Å². The Labute approximate surface area is 100 Å². The van der Waals surface area contributed by atoms with E-state index in [1.807, 2.05) is 26.0 Å². The number of aryl methyl sites for hydroxylation is 1. The van der Waals surface area contributed by atoms with Gasteiger partial charge in [0.2, 0.25) is 0 Å². The van der Waals surface area contributed by atoms with Crippen LogP contribution in [0.15, 0.2) is 24.5 Å². The number of hydrogen-bond acceptors (Lipinski definition) is 3. The Balaban J connectivity index is 2.34.